The summed E-state index contributed by atoms with van der Waals surface area (Å²) in [6.45, 7) is 2.02. The lowest BCUT2D eigenvalue weighted by Crippen LogP contribution is -2.30. The molecule has 0 bridgehead atoms. The largest absolute Gasteiger partial charge is 0.301 e. The highest BCUT2D eigenvalue weighted by Crippen LogP contribution is 2.35. The SMILES string of the molecule is CN1Cc2ccccc2[C@@H](c2ccc(Cl)c(Cl)c2)C1. The van der Waals surface area contributed by atoms with Crippen molar-refractivity contribution in [1.29, 1.82) is 0 Å². The minimum absolute atomic E-state index is 0.365. The molecule has 0 fully saturated rings. The number of nitrogens with zero attached hydrogens (tertiary/aromatic N) is 1. The van der Waals surface area contributed by atoms with E-state index >= 15 is 0 Å². The van der Waals surface area contributed by atoms with E-state index < -0.39 is 0 Å². The van der Waals surface area contributed by atoms with Crippen LogP contribution in [0.3, 0.4) is 0 Å². The Morgan fingerprint density at radius 2 is 1.84 bits per heavy atom. The summed E-state index contributed by atoms with van der Waals surface area (Å²) in [6, 6.07) is 14.6. The normalized spacial score (nSPS) is 19.2. The molecule has 0 saturated heterocycles. The highest BCUT2D eigenvalue weighted by molar-refractivity contribution is 6.42. The van der Waals surface area contributed by atoms with Gasteiger partial charge in [0.05, 0.1) is 10.0 Å². The van der Waals surface area contributed by atoms with Gasteiger partial charge >= 0.3 is 0 Å². The molecule has 0 saturated carbocycles. The van der Waals surface area contributed by atoms with E-state index in [0.29, 0.717) is 16.0 Å². The topological polar surface area (TPSA) is 3.24 Å². The summed E-state index contributed by atoms with van der Waals surface area (Å²) in [7, 11) is 2.15. The van der Waals surface area contributed by atoms with Gasteiger partial charge in [-0.05, 0) is 35.9 Å². The summed E-state index contributed by atoms with van der Waals surface area (Å²) >= 11 is 12.2. The van der Waals surface area contributed by atoms with Gasteiger partial charge in [0.15, 0.2) is 0 Å². The number of hydrogen-bond acceptors (Lipinski definition) is 1. The Bertz CT molecular complexity index is 609. The van der Waals surface area contributed by atoms with E-state index in [1.165, 1.54) is 16.7 Å². The van der Waals surface area contributed by atoms with Gasteiger partial charge < -0.3 is 4.90 Å². The molecule has 98 valence electrons. The fourth-order valence-electron chi connectivity index (χ4n) is 2.80. The molecule has 0 unspecified atom stereocenters. The zero-order valence-electron chi connectivity index (χ0n) is 10.7. The fourth-order valence-corrected chi connectivity index (χ4v) is 3.10. The summed E-state index contributed by atoms with van der Waals surface area (Å²) in [5, 5.41) is 1.24. The predicted octanol–water partition coefficient (Wildman–Crippen LogP) is 4.57. The smallest absolute Gasteiger partial charge is 0.0595 e. The lowest BCUT2D eigenvalue weighted by molar-refractivity contribution is 0.295. The maximum absolute atomic E-state index is 6.15. The number of rotatable bonds is 1. The summed E-state index contributed by atoms with van der Waals surface area (Å²) < 4.78 is 0. The third kappa shape index (κ3) is 2.51. The molecular formula is C16H15Cl2N. The third-order valence-electron chi connectivity index (χ3n) is 3.71. The second-order valence-corrected chi connectivity index (χ2v) is 5.94. The maximum Gasteiger partial charge on any atom is 0.0595 e. The van der Waals surface area contributed by atoms with Crippen molar-refractivity contribution in [3.05, 3.63) is 69.2 Å². The highest BCUT2D eigenvalue weighted by Gasteiger charge is 2.24. The molecule has 2 aromatic carbocycles. The van der Waals surface area contributed by atoms with Crippen molar-refractivity contribution in [2.75, 3.05) is 13.6 Å². The van der Waals surface area contributed by atoms with Crippen LogP contribution in [0.5, 0.6) is 0 Å². The molecule has 0 radical (unpaired) electrons. The lowest BCUT2D eigenvalue weighted by Gasteiger charge is -2.32. The number of halogens is 2. The molecule has 1 nitrogen and oxygen atoms in total. The predicted molar refractivity (Wildman–Crippen MR) is 81.1 cm³/mol. The first kappa shape index (κ1) is 13.0. The standard InChI is InChI=1S/C16H15Cl2N/c1-19-9-12-4-2-3-5-13(12)14(10-19)11-6-7-15(17)16(18)8-11/h2-8,14H,9-10H2,1H3/t14-/m1/s1. The van der Waals surface area contributed by atoms with Crippen molar-refractivity contribution in [3.63, 3.8) is 0 Å². The number of likely N-dealkylation sites (N-methyl/N-ethyl adjacent to an activating group) is 1. The van der Waals surface area contributed by atoms with Gasteiger partial charge in [0.2, 0.25) is 0 Å². The molecule has 3 rings (SSSR count). The van der Waals surface area contributed by atoms with Crippen LogP contribution in [-0.4, -0.2) is 18.5 Å². The van der Waals surface area contributed by atoms with E-state index in [0.717, 1.165) is 13.1 Å². The van der Waals surface area contributed by atoms with Crippen molar-refractivity contribution >= 4 is 23.2 Å². The van der Waals surface area contributed by atoms with Crippen LogP contribution >= 0.6 is 23.2 Å². The molecule has 19 heavy (non-hydrogen) atoms. The lowest BCUT2D eigenvalue weighted by atomic mass is 9.85. The number of benzene rings is 2. The molecule has 1 heterocycles. The number of fused-ring (bicyclic) bond motifs is 1. The van der Waals surface area contributed by atoms with Crippen LogP contribution in [0.2, 0.25) is 10.0 Å². The summed E-state index contributed by atoms with van der Waals surface area (Å²) in [4.78, 5) is 2.34. The Kier molecular flexibility index (Phi) is 3.53. The molecule has 1 atom stereocenters. The van der Waals surface area contributed by atoms with Gasteiger partial charge in [-0.2, -0.15) is 0 Å². The third-order valence-corrected chi connectivity index (χ3v) is 4.45. The van der Waals surface area contributed by atoms with E-state index in [2.05, 4.69) is 42.3 Å². The first-order valence-corrected chi connectivity index (χ1v) is 7.12. The van der Waals surface area contributed by atoms with Gasteiger partial charge in [0.1, 0.15) is 0 Å². The first-order valence-electron chi connectivity index (χ1n) is 6.36. The highest BCUT2D eigenvalue weighted by atomic mass is 35.5. The molecule has 0 N–H and O–H groups in total. The Labute approximate surface area is 123 Å². The quantitative estimate of drug-likeness (QED) is 0.744. The van der Waals surface area contributed by atoms with Gasteiger partial charge in [-0.25, -0.2) is 0 Å². The molecule has 0 amide bonds. The average Bonchev–Trinajstić information content (AvgIpc) is 2.41. The van der Waals surface area contributed by atoms with E-state index in [9.17, 15) is 0 Å². The molecular weight excluding hydrogens is 277 g/mol. The van der Waals surface area contributed by atoms with Gasteiger partial charge in [-0.15, -0.1) is 0 Å². The molecule has 1 aliphatic rings. The fraction of sp³-hybridized carbons (Fsp3) is 0.250. The monoisotopic (exact) mass is 291 g/mol. The Morgan fingerprint density at radius 3 is 2.63 bits per heavy atom. The maximum atomic E-state index is 6.15. The van der Waals surface area contributed by atoms with Crippen molar-refractivity contribution in [1.82, 2.24) is 4.90 Å². The van der Waals surface area contributed by atoms with Crippen molar-refractivity contribution in [2.24, 2.45) is 0 Å². The molecule has 0 aliphatic carbocycles. The summed E-state index contributed by atoms with van der Waals surface area (Å²) in [5.41, 5.74) is 4.03. The molecule has 0 aromatic heterocycles. The Balaban J connectivity index is 2.07. The Hall–Kier alpha value is -1.02. The van der Waals surface area contributed by atoms with E-state index in [1.54, 1.807) is 0 Å². The van der Waals surface area contributed by atoms with E-state index in [1.807, 2.05) is 12.1 Å². The van der Waals surface area contributed by atoms with Crippen LogP contribution in [0.25, 0.3) is 0 Å². The van der Waals surface area contributed by atoms with Crippen LogP contribution in [0, 0.1) is 0 Å². The van der Waals surface area contributed by atoms with E-state index in [4.69, 9.17) is 23.2 Å². The van der Waals surface area contributed by atoms with Crippen LogP contribution in [0.4, 0.5) is 0 Å². The van der Waals surface area contributed by atoms with Gasteiger partial charge in [-0.3, -0.25) is 0 Å². The second kappa shape index (κ2) is 5.16. The molecule has 2 aromatic rings. The van der Waals surface area contributed by atoms with Gasteiger partial charge in [0.25, 0.3) is 0 Å². The second-order valence-electron chi connectivity index (χ2n) is 5.12. The molecule has 0 spiro atoms. The van der Waals surface area contributed by atoms with Crippen molar-refractivity contribution in [3.8, 4) is 0 Å². The number of hydrogen-bond donors (Lipinski definition) is 0. The first-order chi connectivity index (χ1) is 9.15. The molecule has 3 heteroatoms. The zero-order valence-corrected chi connectivity index (χ0v) is 12.2. The zero-order chi connectivity index (χ0) is 13.4. The van der Waals surface area contributed by atoms with Gasteiger partial charge in [-0.1, -0.05) is 53.5 Å². The van der Waals surface area contributed by atoms with Crippen molar-refractivity contribution < 1.29 is 0 Å². The van der Waals surface area contributed by atoms with Crippen LogP contribution < -0.4 is 0 Å². The minimum Gasteiger partial charge on any atom is -0.301 e. The summed E-state index contributed by atoms with van der Waals surface area (Å²) in [5.74, 6) is 0.365. The molecule has 1 aliphatic heterocycles. The van der Waals surface area contributed by atoms with Gasteiger partial charge in [0, 0.05) is 19.0 Å². The van der Waals surface area contributed by atoms with Crippen LogP contribution in [0.1, 0.15) is 22.6 Å². The van der Waals surface area contributed by atoms with Crippen LogP contribution in [0.15, 0.2) is 42.5 Å². The average molecular weight is 292 g/mol. The van der Waals surface area contributed by atoms with E-state index in [-0.39, 0.29) is 0 Å². The Morgan fingerprint density at radius 1 is 1.05 bits per heavy atom. The van der Waals surface area contributed by atoms with Crippen molar-refractivity contribution in [2.45, 2.75) is 12.5 Å². The van der Waals surface area contributed by atoms with Crippen LogP contribution in [-0.2, 0) is 6.54 Å². The minimum atomic E-state index is 0.365. The summed E-state index contributed by atoms with van der Waals surface area (Å²) in [6.07, 6.45) is 0.